The van der Waals surface area contributed by atoms with E-state index in [4.69, 9.17) is 0 Å². The molecule has 2 aliphatic heterocycles. The van der Waals surface area contributed by atoms with Crippen molar-refractivity contribution in [3.63, 3.8) is 0 Å². The Morgan fingerprint density at radius 3 is 3.00 bits per heavy atom. The van der Waals surface area contributed by atoms with Gasteiger partial charge in [-0.3, -0.25) is 0 Å². The zero-order valence-electron chi connectivity index (χ0n) is 11.4. The molecule has 2 atom stereocenters. The largest absolute Gasteiger partial charge is 0.309 e. The molecule has 2 unspecified atom stereocenters. The molecule has 100 valence electrons. The molecule has 0 bridgehead atoms. The minimum atomic E-state index is 0.714. The second-order valence-electron chi connectivity index (χ2n) is 5.68. The number of piperidine rings is 1. The van der Waals surface area contributed by atoms with Crippen molar-refractivity contribution in [2.24, 2.45) is 0 Å². The van der Waals surface area contributed by atoms with Crippen molar-refractivity contribution in [1.29, 1.82) is 0 Å². The Balaban J connectivity index is 1.53. The Morgan fingerprint density at radius 1 is 1.33 bits per heavy atom. The highest BCUT2D eigenvalue weighted by Crippen LogP contribution is 2.27. The van der Waals surface area contributed by atoms with Crippen LogP contribution in [0.4, 0.5) is 0 Å². The van der Waals surface area contributed by atoms with Gasteiger partial charge in [0.25, 0.3) is 0 Å². The summed E-state index contributed by atoms with van der Waals surface area (Å²) in [7, 11) is 0. The summed E-state index contributed by atoms with van der Waals surface area (Å²) in [4.78, 5) is 8.60. The summed E-state index contributed by atoms with van der Waals surface area (Å²) in [5.41, 5.74) is 1.21. The van der Waals surface area contributed by atoms with E-state index in [0.717, 1.165) is 12.6 Å². The van der Waals surface area contributed by atoms with Gasteiger partial charge >= 0.3 is 0 Å². The molecule has 1 aromatic rings. The number of rotatable bonds is 3. The maximum Gasteiger partial charge on any atom is 0.0900 e. The summed E-state index contributed by atoms with van der Waals surface area (Å²) < 4.78 is 0. The molecule has 3 heterocycles. The lowest BCUT2D eigenvalue weighted by molar-refractivity contribution is 0.166. The fourth-order valence-electron chi connectivity index (χ4n) is 3.38. The molecule has 0 aliphatic carbocycles. The fourth-order valence-corrected chi connectivity index (χ4v) is 4.27. The molecule has 2 saturated heterocycles. The van der Waals surface area contributed by atoms with Crippen LogP contribution in [-0.4, -0.2) is 35.1 Å². The van der Waals surface area contributed by atoms with Crippen molar-refractivity contribution in [3.05, 3.63) is 15.6 Å². The molecule has 3 rings (SSSR count). The number of fused-ring (bicyclic) bond motifs is 1. The van der Waals surface area contributed by atoms with E-state index in [1.165, 1.54) is 54.4 Å². The quantitative estimate of drug-likeness (QED) is 0.910. The van der Waals surface area contributed by atoms with Crippen molar-refractivity contribution in [2.45, 2.75) is 58.2 Å². The summed E-state index contributed by atoms with van der Waals surface area (Å²) >= 11 is 1.84. The third kappa shape index (κ3) is 2.60. The molecule has 0 spiro atoms. The second-order valence-corrected chi connectivity index (χ2v) is 6.96. The van der Waals surface area contributed by atoms with Crippen molar-refractivity contribution in [2.75, 3.05) is 13.1 Å². The van der Waals surface area contributed by atoms with Crippen LogP contribution in [0, 0.1) is 13.8 Å². The maximum atomic E-state index is 4.50. The van der Waals surface area contributed by atoms with E-state index in [1.54, 1.807) is 0 Å². The first kappa shape index (κ1) is 12.6. The fraction of sp³-hybridized carbons (Fsp3) is 0.786. The monoisotopic (exact) mass is 265 g/mol. The standard InChI is InChI=1S/C14H23N3S/c1-10-14(18-11(2)16-10)9-15-12-5-7-17-6-3-4-13(17)8-12/h12-13,15H,3-9H2,1-2H3. The number of hydrogen-bond acceptors (Lipinski definition) is 4. The molecule has 0 aromatic carbocycles. The lowest BCUT2D eigenvalue weighted by Crippen LogP contribution is -2.45. The Morgan fingerprint density at radius 2 is 2.22 bits per heavy atom. The molecule has 2 fully saturated rings. The zero-order valence-corrected chi connectivity index (χ0v) is 12.2. The zero-order chi connectivity index (χ0) is 12.5. The van der Waals surface area contributed by atoms with Gasteiger partial charge in [0, 0.05) is 23.5 Å². The number of thiazole rings is 1. The van der Waals surface area contributed by atoms with Gasteiger partial charge in [0.15, 0.2) is 0 Å². The van der Waals surface area contributed by atoms with E-state index in [9.17, 15) is 0 Å². The Bertz CT molecular complexity index is 415. The lowest BCUT2D eigenvalue weighted by atomic mass is 9.97. The van der Waals surface area contributed by atoms with Gasteiger partial charge in [0.2, 0.25) is 0 Å². The van der Waals surface area contributed by atoms with Crippen molar-refractivity contribution in [3.8, 4) is 0 Å². The lowest BCUT2D eigenvalue weighted by Gasteiger charge is -2.35. The van der Waals surface area contributed by atoms with Gasteiger partial charge in [-0.1, -0.05) is 0 Å². The van der Waals surface area contributed by atoms with E-state index in [2.05, 4.69) is 29.0 Å². The van der Waals surface area contributed by atoms with Crippen LogP contribution in [-0.2, 0) is 6.54 Å². The number of aryl methyl sites for hydroxylation is 2. The molecule has 0 amide bonds. The summed E-state index contributed by atoms with van der Waals surface area (Å²) in [5, 5.41) is 4.94. The van der Waals surface area contributed by atoms with Crippen LogP contribution < -0.4 is 5.32 Å². The SMILES string of the molecule is Cc1nc(C)c(CNC2CCN3CCCC3C2)s1. The average molecular weight is 265 g/mol. The van der Waals surface area contributed by atoms with E-state index >= 15 is 0 Å². The Labute approximate surface area is 114 Å². The van der Waals surface area contributed by atoms with Crippen LogP contribution in [0.25, 0.3) is 0 Å². The topological polar surface area (TPSA) is 28.2 Å². The summed E-state index contributed by atoms with van der Waals surface area (Å²) in [6.07, 6.45) is 5.48. The minimum Gasteiger partial charge on any atom is -0.309 e. The second kappa shape index (κ2) is 5.27. The predicted molar refractivity (Wildman–Crippen MR) is 76.0 cm³/mol. The Kier molecular flexibility index (Phi) is 3.68. The average Bonchev–Trinajstić information content (AvgIpc) is 2.92. The first-order valence-corrected chi connectivity index (χ1v) is 7.94. The summed E-state index contributed by atoms with van der Waals surface area (Å²) in [6.45, 7) is 7.86. The van der Waals surface area contributed by atoms with Gasteiger partial charge in [-0.05, 0) is 52.6 Å². The number of nitrogens with zero attached hydrogens (tertiary/aromatic N) is 2. The number of nitrogens with one attached hydrogen (secondary N) is 1. The van der Waals surface area contributed by atoms with Crippen LogP contribution in [0.3, 0.4) is 0 Å². The van der Waals surface area contributed by atoms with Crippen molar-refractivity contribution >= 4 is 11.3 Å². The van der Waals surface area contributed by atoms with E-state index in [0.29, 0.717) is 6.04 Å². The van der Waals surface area contributed by atoms with Crippen LogP contribution in [0.2, 0.25) is 0 Å². The minimum absolute atomic E-state index is 0.714. The third-order valence-electron chi connectivity index (χ3n) is 4.37. The highest BCUT2D eigenvalue weighted by molar-refractivity contribution is 7.11. The van der Waals surface area contributed by atoms with Crippen LogP contribution in [0.15, 0.2) is 0 Å². The van der Waals surface area contributed by atoms with Crippen LogP contribution in [0.1, 0.15) is 41.3 Å². The van der Waals surface area contributed by atoms with Gasteiger partial charge in [-0.2, -0.15) is 0 Å². The number of aromatic nitrogens is 1. The molecule has 2 aliphatic rings. The van der Waals surface area contributed by atoms with Crippen molar-refractivity contribution in [1.82, 2.24) is 15.2 Å². The summed E-state index contributed by atoms with van der Waals surface area (Å²) in [5.74, 6) is 0. The van der Waals surface area contributed by atoms with E-state index in [-0.39, 0.29) is 0 Å². The molecule has 4 heteroatoms. The molecule has 1 aromatic heterocycles. The van der Waals surface area contributed by atoms with Gasteiger partial charge < -0.3 is 10.2 Å². The third-order valence-corrected chi connectivity index (χ3v) is 5.44. The maximum absolute atomic E-state index is 4.50. The summed E-state index contributed by atoms with van der Waals surface area (Å²) in [6, 6.07) is 1.58. The molecule has 3 nitrogen and oxygen atoms in total. The molecule has 0 radical (unpaired) electrons. The molecular weight excluding hydrogens is 242 g/mol. The van der Waals surface area contributed by atoms with Gasteiger partial charge in [0.05, 0.1) is 10.7 Å². The first-order chi connectivity index (χ1) is 8.72. The van der Waals surface area contributed by atoms with Crippen molar-refractivity contribution < 1.29 is 0 Å². The highest BCUT2D eigenvalue weighted by atomic mass is 32.1. The molecule has 18 heavy (non-hydrogen) atoms. The van der Waals surface area contributed by atoms with Crippen LogP contribution >= 0.6 is 11.3 Å². The first-order valence-electron chi connectivity index (χ1n) is 7.12. The molecule has 0 saturated carbocycles. The van der Waals surface area contributed by atoms with Gasteiger partial charge in [-0.25, -0.2) is 4.98 Å². The normalized spacial score (nSPS) is 28.6. The van der Waals surface area contributed by atoms with Crippen LogP contribution in [0.5, 0.6) is 0 Å². The highest BCUT2D eigenvalue weighted by Gasteiger charge is 2.31. The van der Waals surface area contributed by atoms with Gasteiger partial charge in [-0.15, -0.1) is 11.3 Å². The van der Waals surface area contributed by atoms with Gasteiger partial charge in [0.1, 0.15) is 0 Å². The van der Waals surface area contributed by atoms with E-state index in [1.807, 2.05) is 11.3 Å². The molecule has 1 N–H and O–H groups in total. The Hall–Kier alpha value is -0.450. The number of hydrogen-bond donors (Lipinski definition) is 1. The van der Waals surface area contributed by atoms with E-state index < -0.39 is 0 Å². The predicted octanol–water partition coefficient (Wildman–Crippen LogP) is 2.48. The smallest absolute Gasteiger partial charge is 0.0900 e. The molecular formula is C14H23N3S.